The van der Waals surface area contributed by atoms with Gasteiger partial charge in [-0.05, 0) is 19.3 Å². The highest BCUT2D eigenvalue weighted by atomic mass is 16.3. The quantitative estimate of drug-likeness (QED) is 0.501. The van der Waals surface area contributed by atoms with E-state index < -0.39 is 6.10 Å². The fourth-order valence-corrected chi connectivity index (χ4v) is 1.11. The Morgan fingerprint density at radius 2 is 2.67 bits per heavy atom. The summed E-state index contributed by atoms with van der Waals surface area (Å²) in [4.78, 5) is 0. The Bertz CT molecular complexity index is 136. The Morgan fingerprint density at radius 3 is 3.11 bits per heavy atom. The summed E-state index contributed by atoms with van der Waals surface area (Å²) in [5.41, 5.74) is 1.27. The van der Waals surface area contributed by atoms with E-state index in [0.717, 1.165) is 19.3 Å². The molecular weight excluding hydrogens is 112 g/mol. The lowest BCUT2D eigenvalue weighted by Crippen LogP contribution is -1.90. The van der Waals surface area contributed by atoms with Gasteiger partial charge in [0.25, 0.3) is 0 Å². The topological polar surface area (TPSA) is 19.9 Å². The molecule has 0 saturated carbocycles. The minimum Gasteiger partial charge on any atom is -0.229 e. The number of rotatable bonds is 2. The van der Waals surface area contributed by atoms with Crippen LogP contribution < -0.4 is 0 Å². The van der Waals surface area contributed by atoms with Crippen LogP contribution in [0.25, 0.3) is 0 Å². The molecule has 1 rings (SSSR count). The van der Waals surface area contributed by atoms with E-state index in [9.17, 15) is 5.11 Å². The van der Waals surface area contributed by atoms with Gasteiger partial charge in [0.1, 0.15) is 6.10 Å². The van der Waals surface area contributed by atoms with E-state index in [-0.39, 0.29) is 0 Å². The maximum absolute atomic E-state index is 10.7. The largest absolute Gasteiger partial charge is 0.229 e. The zero-order chi connectivity index (χ0) is 6.69. The average Bonchev–Trinajstić information content (AvgIpc) is 2.17. The lowest BCUT2D eigenvalue weighted by molar-refractivity contribution is 0.130. The van der Waals surface area contributed by atoms with Crippen LogP contribution in [0.1, 0.15) is 19.3 Å². The van der Waals surface area contributed by atoms with Gasteiger partial charge < -0.3 is 0 Å². The van der Waals surface area contributed by atoms with Crippen LogP contribution in [-0.2, 0) is 5.11 Å². The van der Waals surface area contributed by atoms with Crippen molar-refractivity contribution in [3.8, 4) is 0 Å². The normalized spacial score (nSPS) is 25.9. The predicted molar refractivity (Wildman–Crippen MR) is 36.6 cm³/mol. The first-order valence-electron chi connectivity index (χ1n) is 3.29. The standard InChI is InChI=1S/C8H11O/c1-2-3-7-4-5-8(9)6-7/h2,6,8H,1,3-5H2. The zero-order valence-corrected chi connectivity index (χ0v) is 5.47. The third kappa shape index (κ3) is 1.68. The molecule has 0 fully saturated rings. The Labute approximate surface area is 55.7 Å². The van der Waals surface area contributed by atoms with Gasteiger partial charge >= 0.3 is 0 Å². The molecule has 1 unspecified atom stereocenters. The summed E-state index contributed by atoms with van der Waals surface area (Å²) in [6.07, 6.45) is 5.92. The smallest absolute Gasteiger partial charge is 0.112 e. The highest BCUT2D eigenvalue weighted by molar-refractivity contribution is 5.14. The molecule has 0 saturated heterocycles. The van der Waals surface area contributed by atoms with E-state index in [0.29, 0.717) is 0 Å². The van der Waals surface area contributed by atoms with Gasteiger partial charge in [0.15, 0.2) is 0 Å². The van der Waals surface area contributed by atoms with Crippen LogP contribution in [0.5, 0.6) is 0 Å². The van der Waals surface area contributed by atoms with Crippen molar-refractivity contribution in [2.24, 2.45) is 0 Å². The van der Waals surface area contributed by atoms with E-state index in [1.807, 2.05) is 12.2 Å². The summed E-state index contributed by atoms with van der Waals surface area (Å²) in [6, 6.07) is 0. The maximum atomic E-state index is 10.7. The summed E-state index contributed by atoms with van der Waals surface area (Å²) in [5.74, 6) is 0. The minimum absolute atomic E-state index is 0.431. The molecular formula is C8H11O. The van der Waals surface area contributed by atoms with Crippen molar-refractivity contribution in [1.82, 2.24) is 0 Å². The molecule has 0 aromatic rings. The van der Waals surface area contributed by atoms with Crippen molar-refractivity contribution in [1.29, 1.82) is 0 Å². The molecule has 1 heteroatoms. The van der Waals surface area contributed by atoms with Crippen molar-refractivity contribution >= 4 is 0 Å². The van der Waals surface area contributed by atoms with Gasteiger partial charge in [-0.25, -0.2) is 5.11 Å². The van der Waals surface area contributed by atoms with Gasteiger partial charge in [-0.3, -0.25) is 0 Å². The molecule has 0 N–H and O–H groups in total. The molecule has 9 heavy (non-hydrogen) atoms. The highest BCUT2D eigenvalue weighted by Gasteiger charge is 2.11. The third-order valence-electron chi connectivity index (χ3n) is 1.58. The molecule has 0 heterocycles. The first kappa shape index (κ1) is 6.56. The van der Waals surface area contributed by atoms with E-state index in [2.05, 4.69) is 6.58 Å². The van der Waals surface area contributed by atoms with E-state index in [1.54, 1.807) is 0 Å². The molecule has 0 spiro atoms. The summed E-state index contributed by atoms with van der Waals surface area (Å²) >= 11 is 0. The molecule has 0 aromatic carbocycles. The zero-order valence-electron chi connectivity index (χ0n) is 5.47. The summed E-state index contributed by atoms with van der Waals surface area (Å²) < 4.78 is 0. The van der Waals surface area contributed by atoms with Crippen molar-refractivity contribution in [2.45, 2.75) is 25.4 Å². The summed E-state index contributed by atoms with van der Waals surface area (Å²) in [6.45, 7) is 3.61. The lowest BCUT2D eigenvalue weighted by atomic mass is 10.2. The van der Waals surface area contributed by atoms with E-state index >= 15 is 0 Å². The molecule has 1 radical (unpaired) electrons. The van der Waals surface area contributed by atoms with Crippen molar-refractivity contribution < 1.29 is 5.11 Å². The average molecular weight is 123 g/mol. The first-order valence-corrected chi connectivity index (χ1v) is 3.29. The second-order valence-corrected chi connectivity index (χ2v) is 2.39. The van der Waals surface area contributed by atoms with Gasteiger partial charge in [-0.1, -0.05) is 17.7 Å². The third-order valence-corrected chi connectivity index (χ3v) is 1.58. The van der Waals surface area contributed by atoms with Gasteiger partial charge in [0, 0.05) is 0 Å². The van der Waals surface area contributed by atoms with Crippen LogP contribution in [0, 0.1) is 0 Å². The maximum Gasteiger partial charge on any atom is 0.112 e. The molecule has 1 aliphatic carbocycles. The number of allylic oxidation sites excluding steroid dienone is 2. The molecule has 49 valence electrons. The highest BCUT2D eigenvalue weighted by Crippen LogP contribution is 2.21. The van der Waals surface area contributed by atoms with Crippen LogP contribution in [0.15, 0.2) is 24.3 Å². The fourth-order valence-electron chi connectivity index (χ4n) is 1.11. The van der Waals surface area contributed by atoms with Gasteiger partial charge in [0.2, 0.25) is 0 Å². The summed E-state index contributed by atoms with van der Waals surface area (Å²) in [7, 11) is 0. The molecule has 0 amide bonds. The molecule has 1 aliphatic rings. The Hall–Kier alpha value is -0.560. The lowest BCUT2D eigenvalue weighted by Gasteiger charge is -1.90. The SMILES string of the molecule is C=CCC1=CC([O])CC1. The van der Waals surface area contributed by atoms with E-state index in [1.165, 1.54) is 5.57 Å². The molecule has 0 bridgehead atoms. The van der Waals surface area contributed by atoms with Crippen LogP contribution in [0.3, 0.4) is 0 Å². The summed E-state index contributed by atoms with van der Waals surface area (Å²) in [5, 5.41) is 10.7. The molecule has 1 nitrogen and oxygen atoms in total. The first-order chi connectivity index (χ1) is 4.33. The second-order valence-electron chi connectivity index (χ2n) is 2.39. The molecule has 0 aromatic heterocycles. The Balaban J connectivity index is 2.41. The second kappa shape index (κ2) is 2.83. The Morgan fingerprint density at radius 1 is 1.89 bits per heavy atom. The van der Waals surface area contributed by atoms with Crippen LogP contribution in [0.2, 0.25) is 0 Å². The molecule has 0 aliphatic heterocycles. The van der Waals surface area contributed by atoms with Crippen LogP contribution in [0.4, 0.5) is 0 Å². The monoisotopic (exact) mass is 123 g/mol. The van der Waals surface area contributed by atoms with Gasteiger partial charge in [0.05, 0.1) is 0 Å². The molecule has 1 atom stereocenters. The fraction of sp³-hybridized carbons (Fsp3) is 0.500. The van der Waals surface area contributed by atoms with E-state index in [4.69, 9.17) is 0 Å². The predicted octanol–water partition coefficient (Wildman–Crippen LogP) is 2.08. The number of hydrogen-bond donors (Lipinski definition) is 0. The van der Waals surface area contributed by atoms with Crippen molar-refractivity contribution in [2.75, 3.05) is 0 Å². The van der Waals surface area contributed by atoms with Gasteiger partial charge in [-0.15, -0.1) is 6.58 Å². The van der Waals surface area contributed by atoms with Gasteiger partial charge in [-0.2, -0.15) is 0 Å². The van der Waals surface area contributed by atoms with Crippen LogP contribution >= 0.6 is 0 Å². The van der Waals surface area contributed by atoms with Crippen molar-refractivity contribution in [3.63, 3.8) is 0 Å². The minimum atomic E-state index is -0.431. The van der Waals surface area contributed by atoms with Crippen LogP contribution in [-0.4, -0.2) is 6.10 Å². The Kier molecular flexibility index (Phi) is 2.06. The van der Waals surface area contributed by atoms with Crippen molar-refractivity contribution in [3.05, 3.63) is 24.3 Å². The number of hydrogen-bond acceptors (Lipinski definition) is 0.